The zero-order chi connectivity index (χ0) is 16.3. The van der Waals surface area contributed by atoms with Crippen molar-refractivity contribution in [1.29, 1.82) is 0 Å². The van der Waals surface area contributed by atoms with E-state index >= 15 is 0 Å². The number of phenols is 1. The Morgan fingerprint density at radius 3 is 2.26 bits per heavy atom. The van der Waals surface area contributed by atoms with E-state index in [1.54, 1.807) is 18.2 Å². The lowest BCUT2D eigenvalue weighted by molar-refractivity contribution is 0.102. The highest BCUT2D eigenvalue weighted by atomic mass is 35.5. The van der Waals surface area contributed by atoms with E-state index in [1.165, 1.54) is 0 Å². The first kappa shape index (κ1) is 19.0. The van der Waals surface area contributed by atoms with Crippen LogP contribution in [0, 0.1) is 0 Å². The Kier molecular flexibility index (Phi) is 6.19. The third-order valence-electron chi connectivity index (χ3n) is 3.56. The van der Waals surface area contributed by atoms with Crippen LogP contribution in [0.25, 0.3) is 0 Å². The SMILES string of the molecule is CC(C)(C)c1ccc(O)c(NC(=O)c2ccc(CN)cc2)c1.Cl. The number of carbonyl (C=O) groups is 1. The summed E-state index contributed by atoms with van der Waals surface area (Å²) in [6.45, 7) is 6.68. The normalized spacial score (nSPS) is 10.8. The minimum Gasteiger partial charge on any atom is -0.506 e. The first-order chi connectivity index (χ1) is 10.3. The van der Waals surface area contributed by atoms with Crippen molar-refractivity contribution in [1.82, 2.24) is 0 Å². The summed E-state index contributed by atoms with van der Waals surface area (Å²) in [7, 11) is 0. The standard InChI is InChI=1S/C18H22N2O2.ClH/c1-18(2,3)14-8-9-16(21)15(10-14)20-17(22)13-6-4-12(11-19)5-7-13;/h4-10,21H,11,19H2,1-3H3,(H,20,22);1H. The molecule has 0 radical (unpaired) electrons. The maximum atomic E-state index is 12.3. The van der Waals surface area contributed by atoms with Crippen LogP contribution in [-0.4, -0.2) is 11.0 Å². The Hall–Kier alpha value is -2.04. The lowest BCUT2D eigenvalue weighted by atomic mass is 9.87. The smallest absolute Gasteiger partial charge is 0.255 e. The molecule has 2 rings (SSSR count). The average molecular weight is 335 g/mol. The van der Waals surface area contributed by atoms with Crippen molar-refractivity contribution >= 4 is 24.0 Å². The maximum absolute atomic E-state index is 12.3. The number of hydrogen-bond donors (Lipinski definition) is 3. The number of nitrogens with one attached hydrogen (secondary N) is 1. The number of benzene rings is 2. The van der Waals surface area contributed by atoms with Crippen molar-refractivity contribution in [2.24, 2.45) is 5.73 Å². The number of anilines is 1. The molecule has 23 heavy (non-hydrogen) atoms. The molecule has 0 saturated carbocycles. The Balaban J connectivity index is 0.00000264. The largest absolute Gasteiger partial charge is 0.506 e. The molecule has 0 unspecified atom stereocenters. The van der Waals surface area contributed by atoms with E-state index in [0.29, 0.717) is 17.8 Å². The molecule has 0 saturated heterocycles. The highest BCUT2D eigenvalue weighted by Gasteiger charge is 2.16. The summed E-state index contributed by atoms with van der Waals surface area (Å²) < 4.78 is 0. The molecular formula is C18H23ClN2O2. The van der Waals surface area contributed by atoms with Gasteiger partial charge in [0.25, 0.3) is 5.91 Å². The summed E-state index contributed by atoms with van der Waals surface area (Å²) >= 11 is 0. The molecule has 0 spiro atoms. The van der Waals surface area contributed by atoms with Crippen LogP contribution in [0.3, 0.4) is 0 Å². The molecule has 0 heterocycles. The monoisotopic (exact) mass is 334 g/mol. The van der Waals surface area contributed by atoms with Gasteiger partial charge in [0.2, 0.25) is 0 Å². The fourth-order valence-electron chi connectivity index (χ4n) is 2.09. The van der Waals surface area contributed by atoms with E-state index in [2.05, 4.69) is 26.1 Å². The van der Waals surface area contributed by atoms with Gasteiger partial charge in [-0.15, -0.1) is 12.4 Å². The Bertz CT molecular complexity index is 676. The van der Waals surface area contributed by atoms with Crippen molar-refractivity contribution in [3.05, 3.63) is 59.2 Å². The van der Waals surface area contributed by atoms with Gasteiger partial charge in [-0.2, -0.15) is 0 Å². The predicted octanol–water partition coefficient (Wildman–Crippen LogP) is 3.82. The van der Waals surface area contributed by atoms with Crippen molar-refractivity contribution in [2.45, 2.75) is 32.7 Å². The van der Waals surface area contributed by atoms with Crippen molar-refractivity contribution in [3.8, 4) is 5.75 Å². The third-order valence-corrected chi connectivity index (χ3v) is 3.56. The molecule has 124 valence electrons. The van der Waals surface area contributed by atoms with Crippen LogP contribution in [0.4, 0.5) is 5.69 Å². The van der Waals surface area contributed by atoms with Crippen LogP contribution < -0.4 is 11.1 Å². The van der Waals surface area contributed by atoms with Crippen LogP contribution in [0.15, 0.2) is 42.5 Å². The van der Waals surface area contributed by atoms with Gasteiger partial charge >= 0.3 is 0 Å². The maximum Gasteiger partial charge on any atom is 0.255 e. The molecule has 2 aromatic carbocycles. The molecular weight excluding hydrogens is 312 g/mol. The number of rotatable bonds is 3. The lowest BCUT2D eigenvalue weighted by Gasteiger charge is -2.20. The van der Waals surface area contributed by atoms with Crippen LogP contribution in [0.2, 0.25) is 0 Å². The topological polar surface area (TPSA) is 75.3 Å². The number of nitrogens with two attached hydrogens (primary N) is 1. The van der Waals surface area contributed by atoms with Gasteiger partial charge in [0.15, 0.2) is 0 Å². The summed E-state index contributed by atoms with van der Waals surface area (Å²) in [6.07, 6.45) is 0. The molecule has 4 nitrogen and oxygen atoms in total. The van der Waals surface area contributed by atoms with Crippen molar-refractivity contribution in [3.63, 3.8) is 0 Å². The summed E-state index contributed by atoms with van der Waals surface area (Å²) in [4.78, 5) is 12.3. The van der Waals surface area contributed by atoms with Gasteiger partial charge in [0, 0.05) is 12.1 Å². The zero-order valence-corrected chi connectivity index (χ0v) is 14.4. The van der Waals surface area contributed by atoms with Crippen LogP contribution in [0.1, 0.15) is 42.3 Å². The van der Waals surface area contributed by atoms with Crippen molar-refractivity contribution in [2.75, 3.05) is 5.32 Å². The number of amides is 1. The average Bonchev–Trinajstić information content (AvgIpc) is 2.48. The van der Waals surface area contributed by atoms with Gasteiger partial charge in [0.05, 0.1) is 5.69 Å². The quantitative estimate of drug-likeness (QED) is 0.747. The molecule has 4 N–H and O–H groups in total. The van der Waals surface area contributed by atoms with Crippen LogP contribution in [0.5, 0.6) is 5.75 Å². The van der Waals surface area contributed by atoms with Crippen LogP contribution in [-0.2, 0) is 12.0 Å². The summed E-state index contributed by atoms with van der Waals surface area (Å²) in [6, 6.07) is 12.4. The second kappa shape index (κ2) is 7.49. The molecule has 5 heteroatoms. The minimum absolute atomic E-state index is 0. The number of aromatic hydroxyl groups is 1. The molecule has 0 aliphatic heterocycles. The van der Waals surface area contributed by atoms with Gasteiger partial charge < -0.3 is 16.2 Å². The fourth-order valence-corrected chi connectivity index (χ4v) is 2.09. The molecule has 0 bridgehead atoms. The molecule has 0 aliphatic rings. The van der Waals surface area contributed by atoms with Crippen LogP contribution >= 0.6 is 12.4 Å². The summed E-state index contributed by atoms with van der Waals surface area (Å²) in [5.74, 6) is -0.204. The number of hydrogen-bond acceptors (Lipinski definition) is 3. The summed E-state index contributed by atoms with van der Waals surface area (Å²) in [5.41, 5.74) is 8.43. The first-order valence-corrected chi connectivity index (χ1v) is 7.25. The molecule has 0 aliphatic carbocycles. The fraction of sp³-hybridized carbons (Fsp3) is 0.278. The molecule has 0 atom stereocenters. The minimum atomic E-state index is -0.259. The molecule has 1 amide bonds. The highest BCUT2D eigenvalue weighted by Crippen LogP contribution is 2.30. The lowest BCUT2D eigenvalue weighted by Crippen LogP contribution is -2.15. The zero-order valence-electron chi connectivity index (χ0n) is 13.6. The second-order valence-electron chi connectivity index (χ2n) is 6.34. The van der Waals surface area contributed by atoms with E-state index < -0.39 is 0 Å². The number of halogens is 1. The van der Waals surface area contributed by atoms with Crippen molar-refractivity contribution < 1.29 is 9.90 Å². The van der Waals surface area contributed by atoms with E-state index in [1.807, 2.05) is 24.3 Å². The Labute approximate surface area is 143 Å². The molecule has 0 aromatic heterocycles. The Morgan fingerprint density at radius 2 is 1.74 bits per heavy atom. The molecule has 0 fully saturated rings. The first-order valence-electron chi connectivity index (χ1n) is 7.25. The molecule has 2 aromatic rings. The Morgan fingerprint density at radius 1 is 1.13 bits per heavy atom. The highest BCUT2D eigenvalue weighted by molar-refractivity contribution is 6.05. The van der Waals surface area contributed by atoms with E-state index in [9.17, 15) is 9.90 Å². The van der Waals surface area contributed by atoms with E-state index in [-0.39, 0.29) is 29.5 Å². The second-order valence-corrected chi connectivity index (χ2v) is 6.34. The third kappa shape index (κ3) is 4.71. The van der Waals surface area contributed by atoms with Gasteiger partial charge in [-0.25, -0.2) is 0 Å². The van der Waals surface area contributed by atoms with Gasteiger partial charge in [-0.3, -0.25) is 4.79 Å². The van der Waals surface area contributed by atoms with Gasteiger partial charge in [-0.1, -0.05) is 39.0 Å². The number of carbonyl (C=O) groups excluding carboxylic acids is 1. The predicted molar refractivity (Wildman–Crippen MR) is 96.3 cm³/mol. The van der Waals surface area contributed by atoms with Gasteiger partial charge in [0.1, 0.15) is 5.75 Å². The van der Waals surface area contributed by atoms with E-state index in [4.69, 9.17) is 5.73 Å². The summed E-state index contributed by atoms with van der Waals surface area (Å²) in [5, 5.41) is 12.7. The van der Waals surface area contributed by atoms with E-state index in [0.717, 1.165) is 11.1 Å². The number of phenolic OH excluding ortho intramolecular Hbond substituents is 1. The van der Waals surface area contributed by atoms with Gasteiger partial charge in [-0.05, 0) is 40.8 Å².